The Hall–Kier alpha value is -2.28. The second-order valence-corrected chi connectivity index (χ2v) is 5.67. The highest BCUT2D eigenvalue weighted by Gasteiger charge is 2.35. The summed E-state index contributed by atoms with van der Waals surface area (Å²) < 4.78 is 12.9. The van der Waals surface area contributed by atoms with E-state index in [0.29, 0.717) is 10.8 Å². The SMILES string of the molecule is NC(=O)C1CC(=O)N(c2nc(-c3ccc(F)cc3)cs2)C1. The summed E-state index contributed by atoms with van der Waals surface area (Å²) in [4.78, 5) is 29.0. The van der Waals surface area contributed by atoms with Gasteiger partial charge in [-0.3, -0.25) is 14.5 Å². The van der Waals surface area contributed by atoms with Gasteiger partial charge in [0, 0.05) is 23.9 Å². The molecule has 2 N–H and O–H groups in total. The van der Waals surface area contributed by atoms with Gasteiger partial charge in [-0.05, 0) is 24.3 Å². The van der Waals surface area contributed by atoms with Gasteiger partial charge >= 0.3 is 0 Å². The number of rotatable bonds is 3. The molecule has 1 atom stereocenters. The molecule has 7 heteroatoms. The highest BCUT2D eigenvalue weighted by molar-refractivity contribution is 7.14. The van der Waals surface area contributed by atoms with Crippen molar-refractivity contribution in [1.29, 1.82) is 0 Å². The van der Waals surface area contributed by atoms with E-state index in [1.807, 2.05) is 0 Å². The van der Waals surface area contributed by atoms with Crippen molar-refractivity contribution in [2.75, 3.05) is 11.4 Å². The van der Waals surface area contributed by atoms with Crippen LogP contribution in [0.5, 0.6) is 0 Å². The van der Waals surface area contributed by atoms with Crippen LogP contribution in [0.15, 0.2) is 29.6 Å². The summed E-state index contributed by atoms with van der Waals surface area (Å²) in [5.41, 5.74) is 6.69. The summed E-state index contributed by atoms with van der Waals surface area (Å²) in [5.74, 6) is -1.40. The quantitative estimate of drug-likeness (QED) is 0.939. The molecule has 0 spiro atoms. The van der Waals surface area contributed by atoms with Gasteiger partial charge in [-0.1, -0.05) is 0 Å². The molecule has 1 aliphatic rings. The minimum absolute atomic E-state index is 0.126. The second kappa shape index (κ2) is 5.25. The summed E-state index contributed by atoms with van der Waals surface area (Å²) in [5, 5.41) is 2.33. The molecule has 2 amide bonds. The lowest BCUT2D eigenvalue weighted by molar-refractivity contribution is -0.123. The van der Waals surface area contributed by atoms with E-state index >= 15 is 0 Å². The van der Waals surface area contributed by atoms with Crippen LogP contribution in [0.3, 0.4) is 0 Å². The monoisotopic (exact) mass is 305 g/mol. The van der Waals surface area contributed by atoms with Crippen LogP contribution in [0.2, 0.25) is 0 Å². The number of carbonyl (C=O) groups is 2. The number of nitrogens with zero attached hydrogens (tertiary/aromatic N) is 2. The number of anilines is 1. The lowest BCUT2D eigenvalue weighted by Gasteiger charge is -2.11. The minimum Gasteiger partial charge on any atom is -0.369 e. The molecule has 1 aromatic heterocycles. The number of aromatic nitrogens is 1. The maximum absolute atomic E-state index is 12.9. The average Bonchev–Trinajstić information content (AvgIpc) is 3.06. The molecule has 21 heavy (non-hydrogen) atoms. The van der Waals surface area contributed by atoms with Crippen molar-refractivity contribution in [3.63, 3.8) is 0 Å². The highest BCUT2D eigenvalue weighted by Crippen LogP contribution is 2.31. The van der Waals surface area contributed by atoms with Crippen LogP contribution in [0.4, 0.5) is 9.52 Å². The third-order valence-electron chi connectivity index (χ3n) is 3.39. The molecular weight excluding hydrogens is 293 g/mol. The van der Waals surface area contributed by atoms with Crippen molar-refractivity contribution in [2.45, 2.75) is 6.42 Å². The van der Waals surface area contributed by atoms with Crippen LogP contribution in [0, 0.1) is 11.7 Å². The minimum atomic E-state index is -0.471. The van der Waals surface area contributed by atoms with E-state index in [1.54, 1.807) is 17.5 Å². The molecule has 0 bridgehead atoms. The molecule has 1 aliphatic heterocycles. The molecule has 1 unspecified atom stereocenters. The van der Waals surface area contributed by atoms with Gasteiger partial charge in [-0.2, -0.15) is 0 Å². The maximum atomic E-state index is 12.9. The number of hydrogen-bond acceptors (Lipinski definition) is 4. The van der Waals surface area contributed by atoms with Crippen LogP contribution < -0.4 is 10.6 Å². The van der Waals surface area contributed by atoms with Gasteiger partial charge in [0.25, 0.3) is 0 Å². The first-order chi connectivity index (χ1) is 10.0. The van der Waals surface area contributed by atoms with Gasteiger partial charge in [0.1, 0.15) is 5.82 Å². The lowest BCUT2D eigenvalue weighted by Crippen LogP contribution is -2.28. The van der Waals surface area contributed by atoms with Gasteiger partial charge in [0.2, 0.25) is 11.8 Å². The van der Waals surface area contributed by atoms with Gasteiger partial charge in [0.05, 0.1) is 11.6 Å². The summed E-state index contributed by atoms with van der Waals surface area (Å²) in [7, 11) is 0. The number of primary amides is 1. The topological polar surface area (TPSA) is 76.3 Å². The molecule has 0 radical (unpaired) electrons. The third-order valence-corrected chi connectivity index (χ3v) is 4.25. The first kappa shape index (κ1) is 13.7. The number of thiazole rings is 1. The molecule has 0 aliphatic carbocycles. The zero-order valence-corrected chi connectivity index (χ0v) is 11.8. The summed E-state index contributed by atoms with van der Waals surface area (Å²) in [6, 6.07) is 5.98. The molecular formula is C14H12FN3O2S. The van der Waals surface area contributed by atoms with Crippen molar-refractivity contribution < 1.29 is 14.0 Å². The number of amides is 2. The Morgan fingerprint density at radius 2 is 2.10 bits per heavy atom. The van der Waals surface area contributed by atoms with Crippen LogP contribution in [-0.2, 0) is 9.59 Å². The Morgan fingerprint density at radius 3 is 2.71 bits per heavy atom. The first-order valence-electron chi connectivity index (χ1n) is 6.36. The average molecular weight is 305 g/mol. The standard InChI is InChI=1S/C14H12FN3O2S/c15-10-3-1-8(2-4-10)11-7-21-14(17-11)18-6-9(13(16)20)5-12(18)19/h1-4,7,9H,5-6H2,(H2,16,20). The molecule has 5 nitrogen and oxygen atoms in total. The van der Waals surface area contributed by atoms with Crippen molar-refractivity contribution in [3.8, 4) is 11.3 Å². The van der Waals surface area contributed by atoms with Crippen molar-refractivity contribution in [1.82, 2.24) is 4.98 Å². The summed E-state index contributed by atoms with van der Waals surface area (Å²) >= 11 is 1.31. The van der Waals surface area contributed by atoms with Gasteiger partial charge in [-0.15, -0.1) is 11.3 Å². The van der Waals surface area contributed by atoms with Gasteiger partial charge in [0.15, 0.2) is 5.13 Å². The number of nitrogens with two attached hydrogens (primary N) is 1. The Labute approximate surface area is 124 Å². The lowest BCUT2D eigenvalue weighted by atomic mass is 10.1. The fraction of sp³-hybridized carbons (Fsp3) is 0.214. The molecule has 1 fully saturated rings. The molecule has 2 aromatic rings. The van der Waals surface area contributed by atoms with Crippen LogP contribution in [0.1, 0.15) is 6.42 Å². The van der Waals surface area contributed by atoms with Crippen LogP contribution in [-0.4, -0.2) is 23.3 Å². The van der Waals surface area contributed by atoms with Crippen molar-refractivity contribution >= 4 is 28.3 Å². The number of benzene rings is 1. The first-order valence-corrected chi connectivity index (χ1v) is 7.23. The summed E-state index contributed by atoms with van der Waals surface area (Å²) in [6.45, 7) is 0.268. The molecule has 108 valence electrons. The van der Waals surface area contributed by atoms with E-state index in [9.17, 15) is 14.0 Å². The zero-order chi connectivity index (χ0) is 15.0. The van der Waals surface area contributed by atoms with E-state index < -0.39 is 11.8 Å². The Balaban J connectivity index is 1.84. The third kappa shape index (κ3) is 2.64. The zero-order valence-electron chi connectivity index (χ0n) is 11.0. The van der Waals surface area contributed by atoms with E-state index in [2.05, 4.69) is 4.98 Å². The van der Waals surface area contributed by atoms with Crippen molar-refractivity contribution in [2.24, 2.45) is 11.7 Å². The molecule has 1 saturated heterocycles. The predicted octanol–water partition coefficient (Wildman–Crippen LogP) is 1.79. The highest BCUT2D eigenvalue weighted by atomic mass is 32.1. The molecule has 0 saturated carbocycles. The largest absolute Gasteiger partial charge is 0.369 e. The summed E-state index contributed by atoms with van der Waals surface area (Å²) in [6.07, 6.45) is 0.126. The molecule has 1 aromatic carbocycles. The smallest absolute Gasteiger partial charge is 0.229 e. The van der Waals surface area contributed by atoms with Gasteiger partial charge < -0.3 is 5.73 Å². The molecule has 3 rings (SSSR count). The Kier molecular flexibility index (Phi) is 3.42. The predicted molar refractivity (Wildman–Crippen MR) is 77.2 cm³/mol. The second-order valence-electron chi connectivity index (χ2n) is 4.83. The maximum Gasteiger partial charge on any atom is 0.229 e. The van der Waals surface area contributed by atoms with Crippen LogP contribution in [0.25, 0.3) is 11.3 Å². The van der Waals surface area contributed by atoms with Crippen molar-refractivity contribution in [3.05, 3.63) is 35.5 Å². The normalized spacial score (nSPS) is 18.2. The van der Waals surface area contributed by atoms with Gasteiger partial charge in [-0.25, -0.2) is 9.37 Å². The van der Waals surface area contributed by atoms with E-state index in [4.69, 9.17) is 5.73 Å². The van der Waals surface area contributed by atoms with Crippen LogP contribution >= 0.6 is 11.3 Å². The molecule has 2 heterocycles. The van der Waals surface area contributed by atoms with E-state index in [0.717, 1.165) is 5.56 Å². The van der Waals surface area contributed by atoms with E-state index in [-0.39, 0.29) is 24.7 Å². The fourth-order valence-electron chi connectivity index (χ4n) is 2.22. The number of carbonyl (C=O) groups excluding carboxylic acids is 2. The number of hydrogen-bond donors (Lipinski definition) is 1. The Bertz CT molecular complexity index is 698. The van der Waals surface area contributed by atoms with E-state index in [1.165, 1.54) is 28.4 Å². The number of halogens is 1. The fourth-order valence-corrected chi connectivity index (χ4v) is 3.09. The Morgan fingerprint density at radius 1 is 1.38 bits per heavy atom.